The predicted molar refractivity (Wildman–Crippen MR) is 76.0 cm³/mol. The third-order valence-electron chi connectivity index (χ3n) is 1.80. The number of aryl methyl sites for hydroxylation is 1. The lowest BCUT2D eigenvalue weighted by Gasteiger charge is -2.00. The molecule has 0 radical (unpaired) electrons. The smallest absolute Gasteiger partial charge is 0.0660 e. The van der Waals surface area contributed by atoms with Gasteiger partial charge < -0.3 is 0 Å². The van der Waals surface area contributed by atoms with Crippen molar-refractivity contribution in [3.8, 4) is 5.69 Å². The predicted octanol–water partition coefficient (Wildman–Crippen LogP) is 4.89. The van der Waals surface area contributed by atoms with Gasteiger partial charge in [-0.05, 0) is 31.2 Å². The zero-order valence-corrected chi connectivity index (χ0v) is 12.0. The molecule has 2 nitrogen and oxygen atoms in total. The number of hydrogen-bond acceptors (Lipinski definition) is 1. The molecule has 0 aliphatic rings. The third kappa shape index (κ3) is 5.05. The normalized spacial score (nSPS) is 8.59. The van der Waals surface area contributed by atoms with Gasteiger partial charge in [0.1, 0.15) is 0 Å². The highest BCUT2D eigenvalue weighted by molar-refractivity contribution is 6.30. The largest absolute Gasteiger partial charge is 0.241 e. The zero-order valence-electron chi connectivity index (χ0n) is 11.2. The van der Waals surface area contributed by atoms with Crippen LogP contribution in [-0.2, 0) is 0 Å². The average molecular weight is 253 g/mol. The lowest BCUT2D eigenvalue weighted by atomic mass is 10.3. The van der Waals surface area contributed by atoms with Crippen molar-refractivity contribution in [2.24, 2.45) is 0 Å². The first-order chi connectivity index (χ1) is 8.25. The highest BCUT2D eigenvalue weighted by Crippen LogP contribution is 2.13. The molecule has 1 aromatic carbocycles. The molecule has 0 unspecified atom stereocenters. The Morgan fingerprint density at radius 2 is 1.71 bits per heavy atom. The molecule has 17 heavy (non-hydrogen) atoms. The third-order valence-corrected chi connectivity index (χ3v) is 2.03. The van der Waals surface area contributed by atoms with Gasteiger partial charge >= 0.3 is 0 Å². The van der Waals surface area contributed by atoms with Gasteiger partial charge in [-0.25, -0.2) is 4.68 Å². The molecule has 0 saturated carbocycles. The van der Waals surface area contributed by atoms with Crippen molar-refractivity contribution in [1.82, 2.24) is 9.78 Å². The molecule has 0 spiro atoms. The molecular weight excluding hydrogens is 232 g/mol. The van der Waals surface area contributed by atoms with Gasteiger partial charge in [0.2, 0.25) is 0 Å². The van der Waals surface area contributed by atoms with Crippen molar-refractivity contribution < 1.29 is 0 Å². The summed E-state index contributed by atoms with van der Waals surface area (Å²) in [5.74, 6) is 0. The van der Waals surface area contributed by atoms with Crippen LogP contribution in [0.1, 0.15) is 33.4 Å². The number of hydrogen-bond donors (Lipinski definition) is 0. The number of aromatic nitrogens is 2. The van der Waals surface area contributed by atoms with E-state index in [1.165, 1.54) is 0 Å². The van der Waals surface area contributed by atoms with Gasteiger partial charge in [0, 0.05) is 11.2 Å². The summed E-state index contributed by atoms with van der Waals surface area (Å²) < 4.78 is 1.81. The van der Waals surface area contributed by atoms with Crippen molar-refractivity contribution >= 4 is 11.6 Å². The van der Waals surface area contributed by atoms with Crippen LogP contribution in [0, 0.1) is 6.92 Å². The Balaban J connectivity index is 0.000000581. The lowest BCUT2D eigenvalue weighted by molar-refractivity contribution is 0.863. The molecule has 0 amide bonds. The topological polar surface area (TPSA) is 17.8 Å². The Hall–Kier alpha value is -1.28. The summed E-state index contributed by atoms with van der Waals surface area (Å²) in [6, 6.07) is 9.57. The second kappa shape index (κ2) is 8.82. The maximum atomic E-state index is 5.86. The van der Waals surface area contributed by atoms with Crippen LogP contribution in [0.4, 0.5) is 0 Å². The molecule has 0 bridgehead atoms. The van der Waals surface area contributed by atoms with E-state index in [9.17, 15) is 0 Å². The van der Waals surface area contributed by atoms with Gasteiger partial charge in [-0.1, -0.05) is 45.4 Å². The molecule has 2 aromatic rings. The Morgan fingerprint density at radius 1 is 1.06 bits per heavy atom. The van der Waals surface area contributed by atoms with Crippen molar-refractivity contribution in [3.05, 3.63) is 47.2 Å². The first kappa shape index (κ1) is 15.7. The van der Waals surface area contributed by atoms with Crippen LogP contribution in [0.15, 0.2) is 36.5 Å². The van der Waals surface area contributed by atoms with Crippen LogP contribution in [0.2, 0.25) is 5.02 Å². The maximum absolute atomic E-state index is 5.86. The first-order valence-electron chi connectivity index (χ1n) is 6.04. The Morgan fingerprint density at radius 3 is 2.18 bits per heavy atom. The van der Waals surface area contributed by atoms with Crippen LogP contribution in [0.25, 0.3) is 5.69 Å². The molecule has 2 rings (SSSR count). The van der Waals surface area contributed by atoms with Gasteiger partial charge in [0.25, 0.3) is 0 Å². The summed E-state index contributed by atoms with van der Waals surface area (Å²) in [7, 11) is 0. The van der Waals surface area contributed by atoms with Crippen LogP contribution in [-0.4, -0.2) is 9.78 Å². The zero-order chi connectivity index (χ0) is 13.3. The minimum absolute atomic E-state index is 0.727. The monoisotopic (exact) mass is 252 g/mol. The van der Waals surface area contributed by atoms with Crippen molar-refractivity contribution in [3.63, 3.8) is 0 Å². The Kier molecular flexibility index (Phi) is 8.16. The number of rotatable bonds is 1. The van der Waals surface area contributed by atoms with E-state index >= 15 is 0 Å². The fraction of sp³-hybridized carbons (Fsp3) is 0.357. The maximum Gasteiger partial charge on any atom is 0.0660 e. The lowest BCUT2D eigenvalue weighted by Crippen LogP contribution is -1.94. The van der Waals surface area contributed by atoms with Gasteiger partial charge in [-0.3, -0.25) is 0 Å². The van der Waals surface area contributed by atoms with Gasteiger partial charge in [0.05, 0.1) is 11.4 Å². The van der Waals surface area contributed by atoms with E-state index in [1.807, 2.05) is 71.1 Å². The molecule has 0 aliphatic heterocycles. The van der Waals surface area contributed by atoms with E-state index in [2.05, 4.69) is 5.10 Å². The van der Waals surface area contributed by atoms with Gasteiger partial charge in [-0.15, -0.1) is 0 Å². The molecule has 0 saturated heterocycles. The summed E-state index contributed by atoms with van der Waals surface area (Å²) in [4.78, 5) is 0. The van der Waals surface area contributed by atoms with Crippen molar-refractivity contribution in [2.75, 3.05) is 0 Å². The van der Waals surface area contributed by atoms with Crippen LogP contribution in [0.3, 0.4) is 0 Å². The highest BCUT2D eigenvalue weighted by atomic mass is 35.5. The van der Waals surface area contributed by atoms with Crippen LogP contribution in [0.5, 0.6) is 0 Å². The van der Waals surface area contributed by atoms with E-state index in [1.54, 1.807) is 4.68 Å². The van der Waals surface area contributed by atoms with Crippen LogP contribution >= 0.6 is 11.6 Å². The fourth-order valence-electron chi connectivity index (χ4n) is 1.18. The van der Waals surface area contributed by atoms with Gasteiger partial charge in [-0.2, -0.15) is 5.10 Å². The minimum Gasteiger partial charge on any atom is -0.241 e. The molecule has 0 N–H and O–H groups in total. The number of halogens is 1. The van der Waals surface area contributed by atoms with E-state index in [0.29, 0.717) is 0 Å². The molecule has 94 valence electrons. The molecule has 0 fully saturated rings. The molecule has 3 heteroatoms. The average Bonchev–Trinajstić information content (AvgIpc) is 2.81. The van der Waals surface area contributed by atoms with E-state index in [0.717, 1.165) is 16.4 Å². The fourth-order valence-corrected chi connectivity index (χ4v) is 1.36. The quantitative estimate of drug-likeness (QED) is 0.707. The second-order valence-electron chi connectivity index (χ2n) is 2.88. The molecule has 1 heterocycles. The first-order valence-corrected chi connectivity index (χ1v) is 6.42. The molecule has 1 aromatic heterocycles. The van der Waals surface area contributed by atoms with Crippen LogP contribution < -0.4 is 0 Å². The van der Waals surface area contributed by atoms with E-state index in [-0.39, 0.29) is 0 Å². The summed E-state index contributed by atoms with van der Waals surface area (Å²) >= 11 is 5.86. The van der Waals surface area contributed by atoms with E-state index < -0.39 is 0 Å². The summed E-state index contributed by atoms with van der Waals surface area (Å²) in [5, 5.41) is 5.01. The summed E-state index contributed by atoms with van der Waals surface area (Å²) in [6.07, 6.45) is 1.92. The molecule has 0 atom stereocenters. The SMILES string of the molecule is CC.CC.Cc1ccn(-c2cccc(Cl)c2)n1. The van der Waals surface area contributed by atoms with E-state index in [4.69, 9.17) is 11.6 Å². The number of benzene rings is 1. The molecular formula is C14H21ClN2. The second-order valence-corrected chi connectivity index (χ2v) is 3.32. The van der Waals surface area contributed by atoms with Crippen molar-refractivity contribution in [1.29, 1.82) is 0 Å². The van der Waals surface area contributed by atoms with Crippen molar-refractivity contribution in [2.45, 2.75) is 34.6 Å². The minimum atomic E-state index is 0.727. The Labute approximate surface area is 109 Å². The molecule has 0 aliphatic carbocycles. The standard InChI is InChI=1S/C10H9ClN2.2C2H6/c1-8-5-6-13(12-8)10-4-2-3-9(11)7-10;2*1-2/h2-7H,1H3;2*1-2H3. The highest BCUT2D eigenvalue weighted by Gasteiger charge is 1.97. The summed E-state index contributed by atoms with van der Waals surface area (Å²) in [5.41, 5.74) is 1.99. The number of nitrogens with zero attached hydrogens (tertiary/aromatic N) is 2. The van der Waals surface area contributed by atoms with Gasteiger partial charge in [0.15, 0.2) is 0 Å². The Bertz CT molecular complexity index is 422. The summed E-state index contributed by atoms with van der Waals surface area (Å²) in [6.45, 7) is 9.96.